The van der Waals surface area contributed by atoms with Crippen molar-refractivity contribution in [1.29, 1.82) is 5.26 Å². The van der Waals surface area contributed by atoms with Crippen LogP contribution >= 0.6 is 11.6 Å². The van der Waals surface area contributed by atoms with Gasteiger partial charge >= 0.3 is 0 Å². The van der Waals surface area contributed by atoms with Gasteiger partial charge in [0.25, 0.3) is 11.5 Å². The summed E-state index contributed by atoms with van der Waals surface area (Å²) in [6.45, 7) is 1.50. The van der Waals surface area contributed by atoms with Crippen molar-refractivity contribution in [2.24, 2.45) is 5.10 Å². The van der Waals surface area contributed by atoms with E-state index in [-0.39, 0.29) is 16.8 Å². The van der Waals surface area contributed by atoms with Crippen LogP contribution < -0.4 is 11.0 Å². The molecule has 8 heteroatoms. The zero-order chi connectivity index (χ0) is 20.1. The van der Waals surface area contributed by atoms with Gasteiger partial charge in [-0.25, -0.2) is 5.43 Å². The van der Waals surface area contributed by atoms with Gasteiger partial charge in [-0.05, 0) is 36.8 Å². The Kier molecular flexibility index (Phi) is 5.63. The van der Waals surface area contributed by atoms with E-state index in [0.717, 1.165) is 10.2 Å². The minimum Gasteiger partial charge on any atom is -0.266 e. The standard InChI is InChI=1S/C20H14ClN5O2/c1-13-17(11-22)20(28)26(16-9-7-15(21)8-10-16)25-18(13)19(27)24-23-12-14-5-3-2-4-6-14/h2-10,12H,1H3,(H,24,27)/b23-12-. The number of carbonyl (C=O) groups excluding carboxylic acids is 1. The Morgan fingerprint density at radius 3 is 2.54 bits per heavy atom. The van der Waals surface area contributed by atoms with Gasteiger partial charge in [0.2, 0.25) is 0 Å². The maximum absolute atomic E-state index is 12.6. The maximum atomic E-state index is 12.6. The lowest BCUT2D eigenvalue weighted by Gasteiger charge is -2.10. The van der Waals surface area contributed by atoms with Crippen molar-refractivity contribution in [2.75, 3.05) is 0 Å². The average Bonchev–Trinajstić information content (AvgIpc) is 2.70. The number of rotatable bonds is 4. The smallest absolute Gasteiger partial charge is 0.266 e. The van der Waals surface area contributed by atoms with Crippen LogP contribution in [0.1, 0.15) is 27.2 Å². The lowest BCUT2D eigenvalue weighted by molar-refractivity contribution is 0.0947. The van der Waals surface area contributed by atoms with Gasteiger partial charge in [-0.2, -0.15) is 20.1 Å². The van der Waals surface area contributed by atoms with Crippen LogP contribution in [0.4, 0.5) is 0 Å². The summed E-state index contributed by atoms with van der Waals surface area (Å²) in [5.74, 6) is -0.635. The van der Waals surface area contributed by atoms with Crippen LogP contribution in [0.2, 0.25) is 5.02 Å². The van der Waals surface area contributed by atoms with Crippen molar-refractivity contribution in [3.05, 3.63) is 92.4 Å². The van der Waals surface area contributed by atoms with Crippen LogP contribution in [0.15, 0.2) is 64.5 Å². The summed E-state index contributed by atoms with van der Waals surface area (Å²) in [6.07, 6.45) is 1.48. The third-order valence-electron chi connectivity index (χ3n) is 3.91. The molecule has 1 amide bonds. The molecule has 0 radical (unpaired) electrons. The number of hydrazone groups is 1. The highest BCUT2D eigenvalue weighted by molar-refractivity contribution is 6.30. The molecule has 28 heavy (non-hydrogen) atoms. The second kappa shape index (κ2) is 8.29. The molecule has 0 aliphatic heterocycles. The van der Waals surface area contributed by atoms with Gasteiger partial charge in [0, 0.05) is 10.6 Å². The van der Waals surface area contributed by atoms with E-state index >= 15 is 0 Å². The summed E-state index contributed by atoms with van der Waals surface area (Å²) >= 11 is 5.87. The van der Waals surface area contributed by atoms with Crippen LogP contribution in [0.3, 0.4) is 0 Å². The second-order valence-electron chi connectivity index (χ2n) is 5.76. The molecule has 3 rings (SSSR count). The molecule has 2 aromatic carbocycles. The monoisotopic (exact) mass is 391 g/mol. The second-order valence-corrected chi connectivity index (χ2v) is 6.20. The fraction of sp³-hybridized carbons (Fsp3) is 0.0500. The third kappa shape index (κ3) is 3.98. The summed E-state index contributed by atoms with van der Waals surface area (Å²) in [6, 6.07) is 17.4. The topological polar surface area (TPSA) is 100 Å². The SMILES string of the molecule is Cc1c(C(=O)N/N=C\c2ccccc2)nn(-c2ccc(Cl)cc2)c(=O)c1C#N. The van der Waals surface area contributed by atoms with Crippen molar-refractivity contribution >= 4 is 23.7 Å². The fourth-order valence-corrected chi connectivity index (χ4v) is 2.59. The Balaban J connectivity index is 1.98. The van der Waals surface area contributed by atoms with Gasteiger partial charge in [-0.1, -0.05) is 41.9 Å². The van der Waals surface area contributed by atoms with Crippen molar-refractivity contribution < 1.29 is 4.79 Å². The summed E-state index contributed by atoms with van der Waals surface area (Å²) in [7, 11) is 0. The van der Waals surface area contributed by atoms with Gasteiger partial charge < -0.3 is 0 Å². The summed E-state index contributed by atoms with van der Waals surface area (Å²) in [4.78, 5) is 25.1. The highest BCUT2D eigenvalue weighted by Crippen LogP contribution is 2.13. The number of halogens is 1. The van der Waals surface area contributed by atoms with Crippen molar-refractivity contribution in [3.63, 3.8) is 0 Å². The van der Waals surface area contributed by atoms with E-state index in [9.17, 15) is 14.9 Å². The Hall–Kier alpha value is -3.76. The van der Waals surface area contributed by atoms with E-state index in [1.54, 1.807) is 24.3 Å². The molecule has 0 bridgehead atoms. The Labute approximate surface area is 165 Å². The first-order chi connectivity index (χ1) is 13.5. The lowest BCUT2D eigenvalue weighted by atomic mass is 10.1. The first-order valence-electron chi connectivity index (χ1n) is 8.19. The quantitative estimate of drug-likeness (QED) is 0.545. The number of benzene rings is 2. The lowest BCUT2D eigenvalue weighted by Crippen LogP contribution is -2.31. The van der Waals surface area contributed by atoms with E-state index in [0.29, 0.717) is 10.7 Å². The molecule has 1 aromatic heterocycles. The molecule has 0 aliphatic carbocycles. The zero-order valence-electron chi connectivity index (χ0n) is 14.8. The van der Waals surface area contributed by atoms with Gasteiger partial charge in [0.15, 0.2) is 5.69 Å². The molecule has 0 atom stereocenters. The van der Waals surface area contributed by atoms with Crippen molar-refractivity contribution in [2.45, 2.75) is 6.92 Å². The zero-order valence-corrected chi connectivity index (χ0v) is 15.5. The number of aromatic nitrogens is 2. The summed E-state index contributed by atoms with van der Waals surface area (Å²) in [5, 5.41) is 17.9. The first-order valence-corrected chi connectivity index (χ1v) is 8.57. The minimum absolute atomic E-state index is 0.0729. The molecular weight excluding hydrogens is 378 g/mol. The van der Waals surface area contributed by atoms with Crippen LogP contribution in [0.5, 0.6) is 0 Å². The molecule has 7 nitrogen and oxygen atoms in total. The Bertz CT molecular complexity index is 1150. The van der Waals surface area contributed by atoms with E-state index < -0.39 is 11.5 Å². The van der Waals surface area contributed by atoms with Gasteiger partial charge in [-0.15, -0.1) is 0 Å². The molecule has 0 spiro atoms. The van der Waals surface area contributed by atoms with E-state index in [4.69, 9.17) is 11.6 Å². The molecule has 0 fully saturated rings. The number of nitriles is 1. The normalized spacial score (nSPS) is 10.6. The predicted molar refractivity (Wildman–Crippen MR) is 106 cm³/mol. The van der Waals surface area contributed by atoms with Crippen LogP contribution in [-0.4, -0.2) is 21.9 Å². The molecule has 0 saturated carbocycles. The van der Waals surface area contributed by atoms with Gasteiger partial charge in [0.1, 0.15) is 11.6 Å². The van der Waals surface area contributed by atoms with Gasteiger partial charge in [-0.3, -0.25) is 9.59 Å². The van der Waals surface area contributed by atoms with E-state index in [1.165, 1.54) is 13.1 Å². The number of hydrogen-bond donors (Lipinski definition) is 1. The molecular formula is C20H14ClN5O2. The highest BCUT2D eigenvalue weighted by atomic mass is 35.5. The number of nitrogens with one attached hydrogen (secondary N) is 1. The number of hydrogen-bond acceptors (Lipinski definition) is 5. The first kappa shape index (κ1) is 19.0. The maximum Gasteiger partial charge on any atom is 0.292 e. The molecule has 138 valence electrons. The molecule has 3 aromatic rings. The molecule has 1 N–H and O–H groups in total. The van der Waals surface area contributed by atoms with E-state index in [1.807, 2.05) is 36.4 Å². The Morgan fingerprint density at radius 1 is 1.21 bits per heavy atom. The van der Waals surface area contributed by atoms with Crippen LogP contribution in [-0.2, 0) is 0 Å². The predicted octanol–water partition coefficient (Wildman–Crippen LogP) is 2.83. The number of carbonyl (C=O) groups is 1. The molecule has 1 heterocycles. The third-order valence-corrected chi connectivity index (χ3v) is 4.17. The largest absolute Gasteiger partial charge is 0.292 e. The number of nitrogens with zero attached hydrogens (tertiary/aromatic N) is 4. The van der Waals surface area contributed by atoms with Crippen molar-refractivity contribution in [1.82, 2.24) is 15.2 Å². The average molecular weight is 392 g/mol. The van der Waals surface area contributed by atoms with Crippen LogP contribution in [0.25, 0.3) is 5.69 Å². The summed E-state index contributed by atoms with van der Waals surface area (Å²) < 4.78 is 0.998. The Morgan fingerprint density at radius 2 is 1.89 bits per heavy atom. The summed E-state index contributed by atoms with van der Waals surface area (Å²) in [5.41, 5.74) is 2.88. The fourth-order valence-electron chi connectivity index (χ4n) is 2.47. The van der Waals surface area contributed by atoms with Gasteiger partial charge in [0.05, 0.1) is 11.9 Å². The molecule has 0 saturated heterocycles. The molecule has 0 unspecified atom stereocenters. The molecule has 0 aliphatic rings. The van der Waals surface area contributed by atoms with Crippen molar-refractivity contribution in [3.8, 4) is 11.8 Å². The highest BCUT2D eigenvalue weighted by Gasteiger charge is 2.20. The van der Waals surface area contributed by atoms with E-state index in [2.05, 4.69) is 15.6 Å². The number of amides is 1. The minimum atomic E-state index is -0.635. The van der Waals surface area contributed by atoms with Crippen LogP contribution in [0, 0.1) is 18.3 Å².